The topological polar surface area (TPSA) is 66.2 Å². The van der Waals surface area contributed by atoms with Crippen LogP contribution in [0, 0.1) is 17.8 Å². The maximum atomic E-state index is 13.7. The molecule has 1 amide bonds. The lowest BCUT2D eigenvalue weighted by Gasteiger charge is -2.60. The summed E-state index contributed by atoms with van der Waals surface area (Å²) in [6.07, 6.45) is 11.9. The molecule has 5 aliphatic rings. The lowest BCUT2D eigenvalue weighted by atomic mass is 9.51. The Morgan fingerprint density at radius 2 is 2.16 bits per heavy atom. The first kappa shape index (κ1) is 23.5. The second-order valence-corrected chi connectivity index (χ2v) is 12.5. The van der Waals surface area contributed by atoms with Crippen molar-refractivity contribution in [3.63, 3.8) is 0 Å². The number of aliphatic hydroxyl groups excluding tert-OH is 1. The van der Waals surface area contributed by atoms with Gasteiger partial charge in [0.15, 0.2) is 0 Å². The molecule has 6 nitrogen and oxygen atoms in total. The Labute approximate surface area is 219 Å². The zero-order chi connectivity index (χ0) is 25.3. The molecule has 2 saturated carbocycles. The number of aliphatic hydroxyl groups is 1. The second-order valence-electron chi connectivity index (χ2n) is 12.5. The van der Waals surface area contributed by atoms with Crippen molar-refractivity contribution in [1.82, 2.24) is 9.80 Å². The third kappa shape index (κ3) is 3.70. The predicted molar refractivity (Wildman–Crippen MR) is 141 cm³/mol. The minimum atomic E-state index is -0.109. The van der Waals surface area contributed by atoms with Gasteiger partial charge in [0.2, 0.25) is 5.91 Å². The molecule has 2 unspecified atom stereocenters. The highest BCUT2D eigenvalue weighted by Gasteiger charge is 2.66. The monoisotopic (exact) mass is 502 g/mol. The van der Waals surface area contributed by atoms with Crippen LogP contribution in [0.3, 0.4) is 0 Å². The van der Waals surface area contributed by atoms with Crippen LogP contribution in [0.15, 0.2) is 47.3 Å². The summed E-state index contributed by atoms with van der Waals surface area (Å²) < 4.78 is 12.1. The van der Waals surface area contributed by atoms with Gasteiger partial charge >= 0.3 is 0 Å². The van der Waals surface area contributed by atoms with Gasteiger partial charge in [0.1, 0.15) is 11.9 Å². The third-order valence-electron chi connectivity index (χ3n) is 9.86. The summed E-state index contributed by atoms with van der Waals surface area (Å²) >= 11 is 0. The van der Waals surface area contributed by atoms with Gasteiger partial charge in [-0.1, -0.05) is 26.0 Å². The smallest absolute Gasteiger partial charge is 0.246 e. The minimum Gasteiger partial charge on any atom is -0.487 e. The molecule has 37 heavy (non-hydrogen) atoms. The van der Waals surface area contributed by atoms with Crippen molar-refractivity contribution in [3.05, 3.63) is 59.6 Å². The Kier molecular flexibility index (Phi) is 5.56. The van der Waals surface area contributed by atoms with Gasteiger partial charge in [-0.2, -0.15) is 0 Å². The molecule has 1 spiro atoms. The highest BCUT2D eigenvalue weighted by molar-refractivity contribution is 5.92. The van der Waals surface area contributed by atoms with Gasteiger partial charge in [0, 0.05) is 47.7 Å². The van der Waals surface area contributed by atoms with E-state index in [2.05, 4.69) is 41.8 Å². The number of likely N-dealkylation sites (tertiary alicyclic amines) is 1. The average Bonchev–Trinajstić information content (AvgIpc) is 3.24. The number of hydrogen-bond acceptors (Lipinski definition) is 5. The molecule has 2 aliphatic heterocycles. The number of nitrogens with zero attached hydrogens (tertiary/aromatic N) is 2. The average molecular weight is 503 g/mol. The van der Waals surface area contributed by atoms with E-state index in [9.17, 15) is 9.90 Å². The van der Waals surface area contributed by atoms with Crippen LogP contribution in [0.5, 0.6) is 5.75 Å². The van der Waals surface area contributed by atoms with Crippen molar-refractivity contribution in [2.24, 2.45) is 17.8 Å². The largest absolute Gasteiger partial charge is 0.487 e. The highest BCUT2D eigenvalue weighted by atomic mass is 16.5. The third-order valence-corrected chi connectivity index (χ3v) is 9.86. The summed E-state index contributed by atoms with van der Waals surface area (Å²) in [5, 5.41) is 10.1. The van der Waals surface area contributed by atoms with E-state index in [1.165, 1.54) is 11.1 Å². The molecule has 3 fully saturated rings. The van der Waals surface area contributed by atoms with E-state index in [1.54, 1.807) is 18.6 Å². The van der Waals surface area contributed by atoms with E-state index in [0.29, 0.717) is 23.8 Å². The molecule has 196 valence electrons. The van der Waals surface area contributed by atoms with Gasteiger partial charge in [-0.05, 0) is 74.3 Å². The predicted octanol–water partition coefficient (Wildman–Crippen LogP) is 4.27. The van der Waals surface area contributed by atoms with Crippen LogP contribution < -0.4 is 4.74 Å². The summed E-state index contributed by atoms with van der Waals surface area (Å²) in [6.45, 7) is 7.15. The maximum absolute atomic E-state index is 13.7. The number of benzene rings is 1. The van der Waals surface area contributed by atoms with Crippen molar-refractivity contribution >= 4 is 12.0 Å². The molecular formula is C31H38N2O4. The normalized spacial score (nSPS) is 35.5. The second kappa shape index (κ2) is 8.74. The molecule has 1 aromatic heterocycles. The first-order valence-electron chi connectivity index (χ1n) is 14.2. The highest BCUT2D eigenvalue weighted by Crippen LogP contribution is 2.63. The van der Waals surface area contributed by atoms with Crippen molar-refractivity contribution in [2.45, 2.75) is 75.7 Å². The Morgan fingerprint density at radius 1 is 1.30 bits per heavy atom. The van der Waals surface area contributed by atoms with Crippen molar-refractivity contribution in [1.29, 1.82) is 0 Å². The van der Waals surface area contributed by atoms with Crippen LogP contribution in [-0.4, -0.2) is 64.7 Å². The van der Waals surface area contributed by atoms with Crippen LogP contribution in [-0.2, 0) is 16.6 Å². The molecule has 3 aliphatic carbocycles. The number of ether oxygens (including phenoxy) is 1. The van der Waals surface area contributed by atoms with E-state index in [-0.39, 0.29) is 29.6 Å². The number of hydrogen-bond donors (Lipinski definition) is 1. The molecule has 2 bridgehead atoms. The number of piperidine rings is 1. The summed E-state index contributed by atoms with van der Waals surface area (Å²) in [6, 6.07) is 9.02. The Balaban J connectivity index is 1.24. The fraction of sp³-hybridized carbons (Fsp3) is 0.581. The summed E-state index contributed by atoms with van der Waals surface area (Å²) in [5.41, 5.74) is 3.75. The van der Waals surface area contributed by atoms with Gasteiger partial charge in [0.05, 0.1) is 24.7 Å². The van der Waals surface area contributed by atoms with Gasteiger partial charge < -0.3 is 19.2 Å². The Hall–Kier alpha value is -2.57. The number of carbonyl (C=O) groups is 1. The van der Waals surface area contributed by atoms with Crippen molar-refractivity contribution in [3.8, 4) is 5.75 Å². The number of rotatable bonds is 7. The van der Waals surface area contributed by atoms with Crippen LogP contribution in [0.2, 0.25) is 0 Å². The standard InChI is InChI=1S/C31H38N2O4/c1-19(2)16-33(28(35)9-6-20-10-13-36-18-20)24-8-7-23-25-14-21-4-3-5-27-29(21)31(23,30(24)37-27)11-12-32(25)17-22-15-26(22)34/h3-6,9-10,13,18-19,22-26,30,34H,7-8,11-12,14-17H2,1-2H3/t22?,23-,24+,25+,26?,30-,31-/m0/s1. The fourth-order valence-corrected chi connectivity index (χ4v) is 8.26. The molecule has 6 heteroatoms. The molecule has 3 heterocycles. The molecule has 0 radical (unpaired) electrons. The molecule has 7 atom stereocenters. The van der Waals surface area contributed by atoms with E-state index in [4.69, 9.17) is 9.15 Å². The van der Waals surface area contributed by atoms with Crippen molar-refractivity contribution in [2.75, 3.05) is 19.6 Å². The van der Waals surface area contributed by atoms with Gasteiger partial charge in [-0.25, -0.2) is 0 Å². The molecule has 7 rings (SSSR count). The first-order chi connectivity index (χ1) is 18.0. The van der Waals surface area contributed by atoms with E-state index in [1.807, 2.05) is 12.1 Å². The van der Waals surface area contributed by atoms with Gasteiger partial charge in [0.25, 0.3) is 0 Å². The number of carbonyl (C=O) groups excluding carboxylic acids is 1. The summed E-state index contributed by atoms with van der Waals surface area (Å²) in [4.78, 5) is 18.5. The molecule has 2 aromatic rings. The lowest BCUT2D eigenvalue weighted by molar-refractivity contribution is -0.138. The zero-order valence-electron chi connectivity index (χ0n) is 21.9. The van der Waals surface area contributed by atoms with Crippen LogP contribution >= 0.6 is 0 Å². The molecule has 1 N–H and O–H groups in total. The van der Waals surface area contributed by atoms with Crippen LogP contribution in [0.4, 0.5) is 0 Å². The molecule has 1 saturated heterocycles. The van der Waals surface area contributed by atoms with Crippen LogP contribution in [0.25, 0.3) is 6.08 Å². The molecular weight excluding hydrogens is 464 g/mol. The quantitative estimate of drug-likeness (QED) is 0.573. The number of furan rings is 1. The fourth-order valence-electron chi connectivity index (χ4n) is 8.26. The lowest BCUT2D eigenvalue weighted by Crippen LogP contribution is -2.69. The van der Waals surface area contributed by atoms with Gasteiger partial charge in [-0.3, -0.25) is 9.69 Å². The Morgan fingerprint density at radius 3 is 2.92 bits per heavy atom. The van der Waals surface area contributed by atoms with Crippen molar-refractivity contribution < 1.29 is 19.1 Å². The number of amides is 1. The summed E-state index contributed by atoms with van der Waals surface area (Å²) in [5.74, 6) is 2.45. The van der Waals surface area contributed by atoms with E-state index >= 15 is 0 Å². The van der Waals surface area contributed by atoms with E-state index in [0.717, 1.165) is 63.1 Å². The maximum Gasteiger partial charge on any atom is 0.246 e. The summed E-state index contributed by atoms with van der Waals surface area (Å²) in [7, 11) is 0. The zero-order valence-corrected chi connectivity index (χ0v) is 21.9. The van der Waals surface area contributed by atoms with Gasteiger partial charge in [-0.15, -0.1) is 0 Å². The van der Waals surface area contributed by atoms with Crippen LogP contribution in [0.1, 0.15) is 56.2 Å². The minimum absolute atomic E-state index is 0.0103. The Bertz CT molecular complexity index is 1210. The first-order valence-corrected chi connectivity index (χ1v) is 14.2. The molecule has 1 aromatic carbocycles. The SMILES string of the molecule is CC(C)CN(C(=O)C=Cc1ccoc1)[C@@H]1CC[C@H]2[C@H]3Cc4cccc5c4[C@@]2(CCN3CC2CC2O)[C@H]1O5. The van der Waals surface area contributed by atoms with E-state index < -0.39 is 0 Å².